The number of hydrogen-bond donors (Lipinski definition) is 1. The van der Waals surface area contributed by atoms with Crippen LogP contribution in [0.5, 0.6) is 0 Å². The van der Waals surface area contributed by atoms with E-state index in [2.05, 4.69) is 10.4 Å². The highest BCUT2D eigenvalue weighted by atomic mass is 35.5. The Morgan fingerprint density at radius 1 is 1.53 bits per heavy atom. The van der Waals surface area contributed by atoms with Crippen molar-refractivity contribution < 1.29 is 4.79 Å². The highest BCUT2D eigenvalue weighted by Crippen LogP contribution is 2.14. The number of carbonyl (C=O) groups excluding carboxylic acids is 1. The third-order valence-corrected chi connectivity index (χ3v) is 2.67. The Bertz CT molecular complexity index is 349. The summed E-state index contributed by atoms with van der Waals surface area (Å²) in [5.74, 6) is 0.0977. The minimum Gasteiger partial charge on any atom is -0.342 e. The van der Waals surface area contributed by atoms with Crippen LogP contribution in [0.25, 0.3) is 0 Å². The van der Waals surface area contributed by atoms with Gasteiger partial charge in [0.2, 0.25) is 5.91 Å². The summed E-state index contributed by atoms with van der Waals surface area (Å²) in [5, 5.41) is 7.12. The fraction of sp³-hybridized carbons (Fsp3) is 0.636. The van der Waals surface area contributed by atoms with E-state index in [1.54, 1.807) is 17.9 Å². The van der Waals surface area contributed by atoms with Gasteiger partial charge in [0.05, 0.1) is 6.20 Å². The molecule has 1 rings (SSSR count). The first-order valence-electron chi connectivity index (χ1n) is 5.58. The number of aromatic nitrogens is 2. The summed E-state index contributed by atoms with van der Waals surface area (Å²) in [4.78, 5) is 14.0. The second-order valence-corrected chi connectivity index (χ2v) is 3.68. The van der Waals surface area contributed by atoms with Crippen molar-refractivity contribution in [1.29, 1.82) is 0 Å². The number of nitrogens with one attached hydrogen (secondary N) is 1. The van der Waals surface area contributed by atoms with Crippen molar-refractivity contribution in [3.63, 3.8) is 0 Å². The average molecular weight is 261 g/mol. The first-order chi connectivity index (χ1) is 7.63. The molecule has 0 aliphatic heterocycles. The van der Waals surface area contributed by atoms with Crippen molar-refractivity contribution >= 4 is 18.3 Å². The molecule has 0 aromatic carbocycles. The molecule has 0 saturated heterocycles. The number of nitrogens with zero attached hydrogens (tertiary/aromatic N) is 3. The molecule has 6 heteroatoms. The summed E-state index contributed by atoms with van der Waals surface area (Å²) in [5.41, 5.74) is 0.905. The standard InChI is InChI=1S/C11H20N4O.ClH/c1-5-15(6-2)11(16)10(12-3)9-7-13-14(4)8-9;/h7-8,10,12H,5-6H2,1-4H3;1H. The molecule has 0 aliphatic carbocycles. The Labute approximate surface area is 109 Å². The lowest BCUT2D eigenvalue weighted by Crippen LogP contribution is -2.39. The van der Waals surface area contributed by atoms with Crippen LogP contribution in [0.15, 0.2) is 12.4 Å². The topological polar surface area (TPSA) is 50.2 Å². The van der Waals surface area contributed by atoms with E-state index in [0.29, 0.717) is 0 Å². The zero-order valence-corrected chi connectivity index (χ0v) is 11.6. The molecule has 0 spiro atoms. The van der Waals surface area contributed by atoms with Crippen LogP contribution < -0.4 is 5.32 Å². The Balaban J connectivity index is 0.00000256. The van der Waals surface area contributed by atoms with Crippen LogP contribution in [-0.2, 0) is 11.8 Å². The highest BCUT2D eigenvalue weighted by molar-refractivity contribution is 5.85. The van der Waals surface area contributed by atoms with Gasteiger partial charge in [-0.05, 0) is 20.9 Å². The summed E-state index contributed by atoms with van der Waals surface area (Å²) in [6.07, 6.45) is 3.59. The molecule has 5 nitrogen and oxygen atoms in total. The van der Waals surface area contributed by atoms with Crippen LogP contribution in [0, 0.1) is 0 Å². The molecule has 17 heavy (non-hydrogen) atoms. The molecule has 1 heterocycles. The molecule has 1 atom stereocenters. The number of hydrogen-bond acceptors (Lipinski definition) is 3. The molecule has 1 amide bonds. The van der Waals surface area contributed by atoms with Crippen molar-refractivity contribution in [3.8, 4) is 0 Å². The average Bonchev–Trinajstić information content (AvgIpc) is 2.68. The van der Waals surface area contributed by atoms with Gasteiger partial charge in [-0.25, -0.2) is 0 Å². The van der Waals surface area contributed by atoms with Gasteiger partial charge in [-0.15, -0.1) is 12.4 Å². The van der Waals surface area contributed by atoms with Crippen LogP contribution in [0.4, 0.5) is 0 Å². The maximum absolute atomic E-state index is 12.2. The largest absolute Gasteiger partial charge is 0.342 e. The quantitative estimate of drug-likeness (QED) is 0.858. The molecular formula is C11H21ClN4O. The summed E-state index contributed by atoms with van der Waals surface area (Å²) in [7, 11) is 3.64. The van der Waals surface area contributed by atoms with Crippen LogP contribution in [0.2, 0.25) is 0 Å². The third-order valence-electron chi connectivity index (χ3n) is 2.67. The molecule has 1 aromatic heterocycles. The summed E-state index contributed by atoms with van der Waals surface area (Å²) in [6.45, 7) is 5.43. The van der Waals surface area contributed by atoms with E-state index in [1.165, 1.54) is 0 Å². The fourth-order valence-corrected chi connectivity index (χ4v) is 1.74. The van der Waals surface area contributed by atoms with Crippen LogP contribution in [0.3, 0.4) is 0 Å². The monoisotopic (exact) mass is 260 g/mol. The molecule has 1 aromatic rings. The van der Waals surface area contributed by atoms with Gasteiger partial charge < -0.3 is 10.2 Å². The Morgan fingerprint density at radius 3 is 2.47 bits per heavy atom. The van der Waals surface area contributed by atoms with Crippen LogP contribution >= 0.6 is 12.4 Å². The SMILES string of the molecule is CCN(CC)C(=O)C(NC)c1cnn(C)c1.Cl. The number of carbonyl (C=O) groups is 1. The summed E-state index contributed by atoms with van der Waals surface area (Å²) >= 11 is 0. The minimum atomic E-state index is -0.298. The van der Waals surface area contributed by atoms with Crippen molar-refractivity contribution in [2.75, 3.05) is 20.1 Å². The van der Waals surface area contributed by atoms with Gasteiger partial charge in [-0.3, -0.25) is 9.48 Å². The summed E-state index contributed by atoms with van der Waals surface area (Å²) in [6, 6.07) is -0.298. The summed E-state index contributed by atoms with van der Waals surface area (Å²) < 4.78 is 1.70. The van der Waals surface area contributed by atoms with Crippen molar-refractivity contribution in [2.24, 2.45) is 7.05 Å². The predicted octanol–water partition coefficient (Wildman–Crippen LogP) is 0.971. The zero-order valence-electron chi connectivity index (χ0n) is 10.8. The molecule has 0 bridgehead atoms. The molecule has 0 fully saturated rings. The van der Waals surface area contributed by atoms with Gasteiger partial charge in [-0.2, -0.15) is 5.10 Å². The zero-order chi connectivity index (χ0) is 12.1. The molecule has 1 unspecified atom stereocenters. The Morgan fingerprint density at radius 2 is 2.12 bits per heavy atom. The molecule has 1 N–H and O–H groups in total. The van der Waals surface area contributed by atoms with Gasteiger partial charge in [0.25, 0.3) is 0 Å². The van der Waals surface area contributed by atoms with Crippen LogP contribution in [-0.4, -0.2) is 40.7 Å². The highest BCUT2D eigenvalue weighted by Gasteiger charge is 2.23. The van der Waals surface area contributed by atoms with E-state index in [0.717, 1.165) is 18.7 Å². The molecule has 98 valence electrons. The van der Waals surface area contributed by atoms with E-state index >= 15 is 0 Å². The van der Waals surface area contributed by atoms with E-state index in [1.807, 2.05) is 32.0 Å². The van der Waals surface area contributed by atoms with Crippen molar-refractivity contribution in [2.45, 2.75) is 19.9 Å². The van der Waals surface area contributed by atoms with Crippen LogP contribution in [0.1, 0.15) is 25.5 Å². The Hall–Kier alpha value is -1.07. The van der Waals surface area contributed by atoms with Gasteiger partial charge in [-0.1, -0.05) is 0 Å². The van der Waals surface area contributed by atoms with E-state index in [-0.39, 0.29) is 24.4 Å². The molecule has 0 radical (unpaired) electrons. The Kier molecular flexibility index (Phi) is 6.83. The lowest BCUT2D eigenvalue weighted by atomic mass is 10.1. The second kappa shape index (κ2) is 7.29. The fourth-order valence-electron chi connectivity index (χ4n) is 1.74. The number of amides is 1. The number of likely N-dealkylation sites (N-methyl/N-ethyl adjacent to an activating group) is 2. The minimum absolute atomic E-state index is 0. The molecule has 0 aliphatic rings. The second-order valence-electron chi connectivity index (χ2n) is 3.68. The van der Waals surface area contributed by atoms with Gasteiger partial charge in [0.1, 0.15) is 6.04 Å². The number of rotatable bonds is 5. The van der Waals surface area contributed by atoms with Crippen molar-refractivity contribution in [1.82, 2.24) is 20.0 Å². The number of halogens is 1. The van der Waals surface area contributed by atoms with Gasteiger partial charge in [0, 0.05) is 31.9 Å². The predicted molar refractivity (Wildman–Crippen MR) is 70.2 cm³/mol. The normalized spacial score (nSPS) is 11.8. The number of aryl methyl sites for hydroxylation is 1. The van der Waals surface area contributed by atoms with E-state index in [4.69, 9.17) is 0 Å². The van der Waals surface area contributed by atoms with E-state index in [9.17, 15) is 4.79 Å². The van der Waals surface area contributed by atoms with Gasteiger partial charge in [0.15, 0.2) is 0 Å². The lowest BCUT2D eigenvalue weighted by molar-refractivity contribution is -0.133. The third kappa shape index (κ3) is 3.71. The first kappa shape index (κ1) is 15.9. The van der Waals surface area contributed by atoms with Gasteiger partial charge >= 0.3 is 0 Å². The lowest BCUT2D eigenvalue weighted by Gasteiger charge is -2.24. The maximum atomic E-state index is 12.2. The first-order valence-corrected chi connectivity index (χ1v) is 5.58. The van der Waals surface area contributed by atoms with Crippen molar-refractivity contribution in [3.05, 3.63) is 18.0 Å². The maximum Gasteiger partial charge on any atom is 0.244 e. The van der Waals surface area contributed by atoms with E-state index < -0.39 is 0 Å². The smallest absolute Gasteiger partial charge is 0.244 e. The molecule has 0 saturated carbocycles. The molecular weight excluding hydrogens is 240 g/mol.